The predicted molar refractivity (Wildman–Crippen MR) is 141 cm³/mol. The highest BCUT2D eigenvalue weighted by Gasteiger charge is 2.29. The molecule has 5 rings (SSSR count). The van der Waals surface area contributed by atoms with Crippen LogP contribution in [0.15, 0.2) is 77.7 Å². The van der Waals surface area contributed by atoms with Gasteiger partial charge in [-0.05, 0) is 61.4 Å². The van der Waals surface area contributed by atoms with Crippen LogP contribution in [0, 0.1) is 0 Å². The van der Waals surface area contributed by atoms with Gasteiger partial charge in [0.15, 0.2) is 0 Å². The van der Waals surface area contributed by atoms with E-state index >= 15 is 0 Å². The van der Waals surface area contributed by atoms with Crippen molar-refractivity contribution in [3.05, 3.63) is 78.4 Å². The number of fused-ring (bicyclic) bond motifs is 1. The third-order valence-electron chi connectivity index (χ3n) is 6.87. The minimum atomic E-state index is -3.49. The first-order valence-electron chi connectivity index (χ1n) is 12.0. The second kappa shape index (κ2) is 9.89. The molecule has 2 aliphatic rings. The van der Waals surface area contributed by atoms with Gasteiger partial charge in [-0.15, -0.1) is 0 Å². The minimum absolute atomic E-state index is 0.285. The molecule has 2 atom stereocenters. The number of benzene rings is 3. The van der Waals surface area contributed by atoms with Gasteiger partial charge in [-0.2, -0.15) is 4.31 Å². The minimum Gasteiger partial charge on any atom is -0.379 e. The topological polar surface area (TPSA) is 73.9 Å². The highest BCUT2D eigenvalue weighted by Crippen LogP contribution is 2.36. The molecule has 8 heteroatoms. The molecule has 35 heavy (non-hydrogen) atoms. The number of anilines is 4. The van der Waals surface area contributed by atoms with E-state index in [-0.39, 0.29) is 6.04 Å². The first-order chi connectivity index (χ1) is 16.9. The second-order valence-corrected chi connectivity index (χ2v) is 11.1. The lowest BCUT2D eigenvalue weighted by Gasteiger charge is -2.41. The summed E-state index contributed by atoms with van der Waals surface area (Å²) in [5.41, 5.74) is 5.37. The van der Waals surface area contributed by atoms with Crippen LogP contribution in [0.5, 0.6) is 0 Å². The number of hydrogen-bond donors (Lipinski definition) is 2. The third kappa shape index (κ3) is 5.00. The number of ether oxygens (including phenoxy) is 1. The monoisotopic (exact) mass is 492 g/mol. The molecule has 0 saturated carbocycles. The first-order valence-corrected chi connectivity index (χ1v) is 13.5. The molecule has 1 saturated heterocycles. The van der Waals surface area contributed by atoms with E-state index in [4.69, 9.17) is 4.74 Å². The molecule has 1 fully saturated rings. The number of hydrogen-bond acceptors (Lipinski definition) is 6. The molecule has 0 aromatic heterocycles. The van der Waals surface area contributed by atoms with Crippen LogP contribution in [0.25, 0.3) is 0 Å². The lowest BCUT2D eigenvalue weighted by atomic mass is 9.95. The summed E-state index contributed by atoms with van der Waals surface area (Å²) in [7, 11) is -1.34. The summed E-state index contributed by atoms with van der Waals surface area (Å²) in [5.74, 6) is 0. The summed E-state index contributed by atoms with van der Waals surface area (Å²) in [4.78, 5) is 2.66. The van der Waals surface area contributed by atoms with Gasteiger partial charge in [0.25, 0.3) is 0 Å². The van der Waals surface area contributed by atoms with E-state index in [1.807, 2.05) is 12.1 Å². The Morgan fingerprint density at radius 3 is 2.37 bits per heavy atom. The van der Waals surface area contributed by atoms with Crippen LogP contribution >= 0.6 is 0 Å². The first kappa shape index (κ1) is 23.7. The Morgan fingerprint density at radius 2 is 1.66 bits per heavy atom. The van der Waals surface area contributed by atoms with E-state index in [0.717, 1.165) is 23.5 Å². The van der Waals surface area contributed by atoms with Gasteiger partial charge in [0.1, 0.15) is 0 Å². The summed E-state index contributed by atoms with van der Waals surface area (Å²) >= 11 is 0. The highest BCUT2D eigenvalue weighted by molar-refractivity contribution is 7.89. The number of morpholine rings is 1. The number of nitrogens with zero attached hydrogens (tertiary/aromatic N) is 2. The number of sulfonamides is 1. The van der Waals surface area contributed by atoms with E-state index in [2.05, 4.69) is 78.0 Å². The van der Waals surface area contributed by atoms with Crippen molar-refractivity contribution in [1.82, 2.24) is 4.31 Å². The van der Waals surface area contributed by atoms with Crippen LogP contribution in [0.4, 0.5) is 22.7 Å². The zero-order valence-corrected chi connectivity index (χ0v) is 21.0. The fourth-order valence-corrected chi connectivity index (χ4v) is 6.28. The molecule has 2 heterocycles. The summed E-state index contributed by atoms with van der Waals surface area (Å²) in [6, 6.07) is 24.5. The zero-order chi connectivity index (χ0) is 24.4. The van der Waals surface area contributed by atoms with Gasteiger partial charge in [0.2, 0.25) is 10.0 Å². The van der Waals surface area contributed by atoms with Gasteiger partial charge in [0, 0.05) is 37.6 Å². The molecule has 7 nitrogen and oxygen atoms in total. The van der Waals surface area contributed by atoms with Crippen LogP contribution in [0.1, 0.15) is 12.5 Å². The maximum absolute atomic E-state index is 12.9. The molecule has 0 radical (unpaired) electrons. The Labute approximate surface area is 207 Å². The maximum Gasteiger partial charge on any atom is 0.243 e. The van der Waals surface area contributed by atoms with Crippen LogP contribution in [0.2, 0.25) is 0 Å². The van der Waals surface area contributed by atoms with Crippen molar-refractivity contribution in [3.8, 4) is 0 Å². The molecule has 2 N–H and O–H groups in total. The van der Waals surface area contributed by atoms with Crippen molar-refractivity contribution in [3.63, 3.8) is 0 Å². The molecule has 2 unspecified atom stereocenters. The molecule has 0 amide bonds. The SMILES string of the molecule is CC1Nc2cc(Nc3ccc(S(=O)(=O)N4CCOCC4)cc3)ccc2N(C)C1Cc1ccccc1. The van der Waals surface area contributed by atoms with Crippen LogP contribution in [0.3, 0.4) is 0 Å². The van der Waals surface area contributed by atoms with Crippen molar-refractivity contribution < 1.29 is 13.2 Å². The summed E-state index contributed by atoms with van der Waals surface area (Å²) in [6.07, 6.45) is 0.977. The van der Waals surface area contributed by atoms with Crippen LogP contribution in [-0.4, -0.2) is 58.2 Å². The van der Waals surface area contributed by atoms with Crippen molar-refractivity contribution >= 4 is 32.8 Å². The molecular formula is C27H32N4O3S. The van der Waals surface area contributed by atoms with Crippen LogP contribution < -0.4 is 15.5 Å². The average Bonchev–Trinajstić information content (AvgIpc) is 2.88. The van der Waals surface area contributed by atoms with Gasteiger partial charge < -0.3 is 20.3 Å². The normalized spacial score (nSPS) is 20.7. The number of nitrogens with one attached hydrogen (secondary N) is 2. The van der Waals surface area contributed by atoms with Crippen molar-refractivity contribution in [1.29, 1.82) is 0 Å². The van der Waals surface area contributed by atoms with E-state index in [9.17, 15) is 8.42 Å². The average molecular weight is 493 g/mol. The Hall–Kier alpha value is -3.07. The Bertz CT molecular complexity index is 1260. The predicted octanol–water partition coefficient (Wildman–Crippen LogP) is 4.31. The Morgan fingerprint density at radius 1 is 0.971 bits per heavy atom. The molecule has 2 aliphatic heterocycles. The zero-order valence-electron chi connectivity index (χ0n) is 20.1. The number of rotatable bonds is 6. The summed E-state index contributed by atoms with van der Waals surface area (Å²) in [5, 5.41) is 7.08. The number of likely N-dealkylation sites (N-methyl/N-ethyl adjacent to an activating group) is 1. The van der Waals surface area contributed by atoms with Gasteiger partial charge in [-0.25, -0.2) is 8.42 Å². The quantitative estimate of drug-likeness (QED) is 0.534. The van der Waals surface area contributed by atoms with Gasteiger partial charge in [-0.1, -0.05) is 30.3 Å². The molecule has 184 valence electrons. The molecule has 3 aromatic carbocycles. The fraction of sp³-hybridized carbons (Fsp3) is 0.333. The fourth-order valence-electron chi connectivity index (χ4n) is 4.87. The molecule has 3 aromatic rings. The largest absolute Gasteiger partial charge is 0.379 e. The van der Waals surface area contributed by atoms with E-state index in [1.165, 1.54) is 15.6 Å². The van der Waals surface area contributed by atoms with Crippen molar-refractivity contribution in [2.75, 3.05) is 48.9 Å². The highest BCUT2D eigenvalue weighted by atomic mass is 32.2. The van der Waals surface area contributed by atoms with Gasteiger partial charge >= 0.3 is 0 Å². The van der Waals surface area contributed by atoms with Gasteiger partial charge in [0.05, 0.1) is 35.5 Å². The smallest absolute Gasteiger partial charge is 0.243 e. The molecular weight excluding hydrogens is 460 g/mol. The Balaban J connectivity index is 1.29. The lowest BCUT2D eigenvalue weighted by molar-refractivity contribution is 0.0730. The van der Waals surface area contributed by atoms with Crippen molar-refractivity contribution in [2.45, 2.75) is 30.3 Å². The van der Waals surface area contributed by atoms with E-state index in [1.54, 1.807) is 12.1 Å². The van der Waals surface area contributed by atoms with Gasteiger partial charge in [-0.3, -0.25) is 0 Å². The van der Waals surface area contributed by atoms with Crippen molar-refractivity contribution in [2.24, 2.45) is 0 Å². The molecule has 0 spiro atoms. The molecule has 0 bridgehead atoms. The van der Waals surface area contributed by atoms with E-state index in [0.29, 0.717) is 37.2 Å². The maximum atomic E-state index is 12.9. The summed E-state index contributed by atoms with van der Waals surface area (Å²) in [6.45, 7) is 3.88. The lowest BCUT2D eigenvalue weighted by Crippen LogP contribution is -2.48. The van der Waals surface area contributed by atoms with Crippen LogP contribution in [-0.2, 0) is 21.2 Å². The molecule has 0 aliphatic carbocycles. The Kier molecular flexibility index (Phi) is 6.69. The van der Waals surface area contributed by atoms with E-state index < -0.39 is 10.0 Å². The standard InChI is InChI=1S/C27H32N4O3S/c1-20-27(18-21-6-4-3-5-7-21)30(2)26-13-10-23(19-25(26)28-20)29-22-8-11-24(12-9-22)35(32,33)31-14-16-34-17-15-31/h3-13,19-20,27-29H,14-18H2,1-2H3. The second-order valence-electron chi connectivity index (χ2n) is 9.20. The third-order valence-corrected chi connectivity index (χ3v) is 8.79. The summed E-state index contributed by atoms with van der Waals surface area (Å²) < 4.78 is 32.5.